The van der Waals surface area contributed by atoms with Crippen molar-refractivity contribution < 1.29 is 4.39 Å². The summed E-state index contributed by atoms with van der Waals surface area (Å²) < 4.78 is 16.1. The molecule has 19 heavy (non-hydrogen) atoms. The molecule has 102 valence electrons. The van der Waals surface area contributed by atoms with E-state index in [0.29, 0.717) is 21.7 Å². The van der Waals surface area contributed by atoms with Gasteiger partial charge in [-0.1, -0.05) is 0 Å². The molecule has 1 aliphatic carbocycles. The molecule has 2 nitrogen and oxygen atoms in total. The number of hydrogen-bond donors (Lipinski definition) is 0. The zero-order valence-electron chi connectivity index (χ0n) is 11.0. The second-order valence-electron chi connectivity index (χ2n) is 5.23. The lowest BCUT2D eigenvalue weighted by molar-refractivity contribution is 0.619. The van der Waals surface area contributed by atoms with Crippen molar-refractivity contribution >= 4 is 34.4 Å². The van der Waals surface area contributed by atoms with Gasteiger partial charge in [0.25, 0.3) is 0 Å². The van der Waals surface area contributed by atoms with Crippen molar-refractivity contribution in [1.82, 2.24) is 9.55 Å². The standard InChI is InChI=1S/C14H16ClFN2S/c1-9-5-12-11(6-10(9)16)17-13(7-15)18(12)8-14(19-2)3-4-14/h5-6H,3-4,7-8H2,1-2H3. The quantitative estimate of drug-likeness (QED) is 0.790. The van der Waals surface area contributed by atoms with E-state index in [1.165, 1.54) is 18.9 Å². The lowest BCUT2D eigenvalue weighted by Crippen LogP contribution is -2.15. The highest BCUT2D eigenvalue weighted by Gasteiger charge is 2.42. The molecule has 1 heterocycles. The van der Waals surface area contributed by atoms with Crippen LogP contribution in [0.3, 0.4) is 0 Å². The van der Waals surface area contributed by atoms with Gasteiger partial charge in [-0.05, 0) is 37.7 Å². The van der Waals surface area contributed by atoms with Gasteiger partial charge in [-0.25, -0.2) is 9.37 Å². The van der Waals surface area contributed by atoms with Crippen molar-refractivity contribution in [2.24, 2.45) is 0 Å². The van der Waals surface area contributed by atoms with Crippen molar-refractivity contribution in [1.29, 1.82) is 0 Å². The predicted molar refractivity (Wildman–Crippen MR) is 79.5 cm³/mol. The minimum absolute atomic E-state index is 0.204. The van der Waals surface area contributed by atoms with Gasteiger partial charge in [0.15, 0.2) is 0 Å². The smallest absolute Gasteiger partial charge is 0.128 e. The lowest BCUT2D eigenvalue weighted by atomic mass is 10.2. The van der Waals surface area contributed by atoms with Crippen LogP contribution < -0.4 is 0 Å². The minimum atomic E-state index is -0.204. The molecule has 0 aliphatic heterocycles. The second kappa shape index (κ2) is 4.67. The summed E-state index contributed by atoms with van der Waals surface area (Å²) in [6.07, 6.45) is 4.61. The Labute approximate surface area is 121 Å². The van der Waals surface area contributed by atoms with Gasteiger partial charge >= 0.3 is 0 Å². The van der Waals surface area contributed by atoms with Crippen LogP contribution in [0.1, 0.15) is 24.2 Å². The van der Waals surface area contributed by atoms with E-state index in [9.17, 15) is 4.39 Å². The van der Waals surface area contributed by atoms with Gasteiger partial charge in [0.05, 0.1) is 16.9 Å². The van der Waals surface area contributed by atoms with Crippen molar-refractivity contribution in [3.05, 3.63) is 29.3 Å². The summed E-state index contributed by atoms with van der Waals surface area (Å²) in [5.74, 6) is 0.992. The van der Waals surface area contributed by atoms with E-state index >= 15 is 0 Å². The Morgan fingerprint density at radius 3 is 2.79 bits per heavy atom. The van der Waals surface area contributed by atoms with Crippen LogP contribution in [0.5, 0.6) is 0 Å². The number of aromatic nitrogens is 2. The third kappa shape index (κ3) is 2.25. The number of halogens is 2. The molecule has 0 atom stereocenters. The maximum absolute atomic E-state index is 13.6. The van der Waals surface area contributed by atoms with Crippen LogP contribution in [0.2, 0.25) is 0 Å². The number of aryl methyl sites for hydroxylation is 1. The minimum Gasteiger partial charge on any atom is -0.326 e. The van der Waals surface area contributed by atoms with Gasteiger partial charge in [0.2, 0.25) is 0 Å². The van der Waals surface area contributed by atoms with Gasteiger partial charge in [0, 0.05) is 17.4 Å². The average Bonchev–Trinajstić information content (AvgIpc) is 3.10. The molecule has 1 aromatic carbocycles. The fraction of sp³-hybridized carbons (Fsp3) is 0.500. The number of alkyl halides is 1. The van der Waals surface area contributed by atoms with Crippen molar-refractivity contribution in [2.75, 3.05) is 6.26 Å². The van der Waals surface area contributed by atoms with Crippen LogP contribution in [-0.4, -0.2) is 20.6 Å². The number of thioether (sulfide) groups is 1. The summed E-state index contributed by atoms with van der Waals surface area (Å²) in [6.45, 7) is 2.70. The molecular formula is C14H16ClFN2S. The van der Waals surface area contributed by atoms with E-state index < -0.39 is 0 Å². The normalized spacial score (nSPS) is 17.1. The molecule has 1 aliphatic rings. The first-order chi connectivity index (χ1) is 9.08. The summed E-state index contributed by atoms with van der Waals surface area (Å²) in [5, 5.41) is 0. The van der Waals surface area contributed by atoms with E-state index in [1.807, 2.05) is 17.8 Å². The molecule has 0 spiro atoms. The lowest BCUT2D eigenvalue weighted by Gasteiger charge is -2.15. The molecule has 1 aromatic heterocycles. The number of hydrogen-bond acceptors (Lipinski definition) is 2. The van der Waals surface area contributed by atoms with Gasteiger partial charge < -0.3 is 4.57 Å². The highest BCUT2D eigenvalue weighted by atomic mass is 35.5. The third-order valence-corrected chi connectivity index (χ3v) is 5.56. The number of nitrogens with zero attached hydrogens (tertiary/aromatic N) is 2. The summed E-state index contributed by atoms with van der Waals surface area (Å²) in [5.41, 5.74) is 2.36. The molecule has 3 rings (SSSR count). The predicted octanol–water partition coefficient (Wildman–Crippen LogP) is 4.12. The summed E-state index contributed by atoms with van der Waals surface area (Å²) in [7, 11) is 0. The van der Waals surface area contributed by atoms with Crippen LogP contribution in [0.4, 0.5) is 4.39 Å². The summed E-state index contributed by atoms with van der Waals surface area (Å²) in [4.78, 5) is 4.46. The van der Waals surface area contributed by atoms with Crippen LogP contribution in [0.25, 0.3) is 11.0 Å². The third-order valence-electron chi connectivity index (χ3n) is 3.91. The van der Waals surface area contributed by atoms with Crippen LogP contribution in [0, 0.1) is 12.7 Å². The summed E-state index contributed by atoms with van der Waals surface area (Å²) >= 11 is 7.90. The zero-order valence-corrected chi connectivity index (χ0v) is 12.6. The molecule has 0 bridgehead atoms. The van der Waals surface area contributed by atoms with E-state index in [-0.39, 0.29) is 5.82 Å². The molecule has 0 saturated heterocycles. The van der Waals surface area contributed by atoms with E-state index in [2.05, 4.69) is 15.8 Å². The van der Waals surface area contributed by atoms with Crippen molar-refractivity contribution in [3.8, 4) is 0 Å². The van der Waals surface area contributed by atoms with Crippen LogP contribution in [-0.2, 0) is 12.4 Å². The Bertz CT molecular complexity index is 634. The topological polar surface area (TPSA) is 17.8 Å². The number of fused-ring (bicyclic) bond motifs is 1. The molecule has 1 fully saturated rings. The fourth-order valence-corrected chi connectivity index (χ4v) is 3.41. The second-order valence-corrected chi connectivity index (χ2v) is 6.77. The molecule has 0 radical (unpaired) electrons. The molecular weight excluding hydrogens is 283 g/mol. The first-order valence-corrected chi connectivity index (χ1v) is 8.11. The molecule has 5 heteroatoms. The van der Waals surface area contributed by atoms with Gasteiger partial charge in [-0.3, -0.25) is 0 Å². The van der Waals surface area contributed by atoms with Gasteiger partial charge in [-0.2, -0.15) is 11.8 Å². The van der Waals surface area contributed by atoms with Crippen LogP contribution in [0.15, 0.2) is 12.1 Å². The highest BCUT2D eigenvalue weighted by Crippen LogP contribution is 2.49. The Morgan fingerprint density at radius 1 is 1.47 bits per heavy atom. The number of imidazole rings is 1. The Hall–Kier alpha value is -0.740. The fourth-order valence-electron chi connectivity index (χ4n) is 2.43. The Kier molecular flexibility index (Phi) is 3.26. The maximum Gasteiger partial charge on any atom is 0.128 e. The monoisotopic (exact) mass is 298 g/mol. The number of rotatable bonds is 4. The van der Waals surface area contributed by atoms with Crippen LogP contribution >= 0.6 is 23.4 Å². The Morgan fingerprint density at radius 2 is 2.21 bits per heavy atom. The first kappa shape index (κ1) is 13.3. The molecule has 2 aromatic rings. The van der Waals surface area contributed by atoms with E-state index in [4.69, 9.17) is 11.6 Å². The molecule has 0 unspecified atom stereocenters. The van der Waals surface area contributed by atoms with Crippen molar-refractivity contribution in [2.45, 2.75) is 36.9 Å². The van der Waals surface area contributed by atoms with E-state index in [1.54, 1.807) is 6.92 Å². The first-order valence-electron chi connectivity index (χ1n) is 6.35. The number of benzene rings is 1. The zero-order chi connectivity index (χ0) is 13.6. The molecule has 0 N–H and O–H groups in total. The van der Waals surface area contributed by atoms with Gasteiger partial charge in [-0.15, -0.1) is 11.6 Å². The molecule has 1 saturated carbocycles. The summed E-state index contributed by atoms with van der Waals surface area (Å²) in [6, 6.07) is 3.39. The van der Waals surface area contributed by atoms with E-state index in [0.717, 1.165) is 17.9 Å². The molecule has 0 amide bonds. The largest absolute Gasteiger partial charge is 0.326 e. The SMILES string of the molecule is CSC1(Cn2c(CCl)nc3cc(F)c(C)cc32)CC1. The highest BCUT2D eigenvalue weighted by molar-refractivity contribution is 8.00. The van der Waals surface area contributed by atoms with Gasteiger partial charge in [0.1, 0.15) is 11.6 Å². The maximum atomic E-state index is 13.6. The Balaban J connectivity index is 2.12. The van der Waals surface area contributed by atoms with Crippen molar-refractivity contribution in [3.63, 3.8) is 0 Å². The average molecular weight is 299 g/mol.